The smallest absolute Gasteiger partial charge is 0.407 e. The Kier molecular flexibility index (Phi) is 10.5. The molecule has 0 bridgehead atoms. The van der Waals surface area contributed by atoms with Gasteiger partial charge >= 0.3 is 6.09 Å². The molecule has 6 rings (SSSR count). The molecule has 2 heterocycles. The standard InChI is InChI=1S/C37H36N2O5S2/c1-3-20-42-36(41)38-21-29-8-4-5-9-30(29)26-16-18-28(19-17-26)35-43-32(23-45-37-39-31-10-6-7-11-33(31)46-37)24(2)34(44-35)27-14-12-25(22-40)13-15-27/h3-19,24,32,34-35,40H,1,20-23H2,2H3,(H,38,41)/t24-,32+,34+,35+/m1/s1. The fourth-order valence-electron chi connectivity index (χ4n) is 5.51. The summed E-state index contributed by atoms with van der Waals surface area (Å²) in [5, 5.41) is 12.4. The maximum Gasteiger partial charge on any atom is 0.407 e. The fraction of sp³-hybridized carbons (Fsp3) is 0.243. The average Bonchev–Trinajstić information content (AvgIpc) is 3.53. The van der Waals surface area contributed by atoms with Crippen LogP contribution in [-0.4, -0.2) is 34.6 Å². The van der Waals surface area contributed by atoms with E-state index < -0.39 is 12.4 Å². The van der Waals surface area contributed by atoms with Gasteiger partial charge in [0.15, 0.2) is 10.6 Å². The highest BCUT2D eigenvalue weighted by molar-refractivity contribution is 8.01. The minimum absolute atomic E-state index is 0.000533. The summed E-state index contributed by atoms with van der Waals surface area (Å²) in [5.41, 5.74) is 6.86. The topological polar surface area (TPSA) is 89.9 Å². The zero-order valence-corrected chi connectivity index (χ0v) is 27.1. The highest BCUT2D eigenvalue weighted by Gasteiger charge is 2.38. The van der Waals surface area contributed by atoms with E-state index in [1.54, 1.807) is 23.1 Å². The molecule has 1 aromatic heterocycles. The van der Waals surface area contributed by atoms with Gasteiger partial charge in [0, 0.05) is 23.8 Å². The summed E-state index contributed by atoms with van der Waals surface area (Å²) >= 11 is 3.42. The number of hydrogen-bond acceptors (Lipinski definition) is 8. The zero-order chi connectivity index (χ0) is 31.9. The molecule has 1 saturated heterocycles. The number of aliphatic hydroxyl groups excluding tert-OH is 1. The Labute approximate surface area is 277 Å². The van der Waals surface area contributed by atoms with Crippen LogP contribution in [0.25, 0.3) is 21.3 Å². The van der Waals surface area contributed by atoms with Gasteiger partial charge in [-0.05, 0) is 39.9 Å². The number of aliphatic hydroxyl groups is 1. The molecule has 0 saturated carbocycles. The molecule has 236 valence electrons. The molecule has 0 unspecified atom stereocenters. The van der Waals surface area contributed by atoms with E-state index in [0.717, 1.165) is 49.0 Å². The quantitative estimate of drug-likeness (QED) is 0.109. The number of ether oxygens (including phenoxy) is 3. The number of benzene rings is 4. The van der Waals surface area contributed by atoms with E-state index in [2.05, 4.69) is 37.0 Å². The number of amides is 1. The first-order valence-corrected chi connectivity index (χ1v) is 17.0. The van der Waals surface area contributed by atoms with Crippen molar-refractivity contribution >= 4 is 39.4 Å². The first-order chi connectivity index (χ1) is 22.5. The lowest BCUT2D eigenvalue weighted by molar-refractivity contribution is -0.268. The van der Waals surface area contributed by atoms with Gasteiger partial charge in [-0.3, -0.25) is 0 Å². The molecular formula is C37H36N2O5S2. The summed E-state index contributed by atoms with van der Waals surface area (Å²) in [4.78, 5) is 16.8. The van der Waals surface area contributed by atoms with Crippen LogP contribution in [0.1, 0.15) is 41.6 Å². The van der Waals surface area contributed by atoms with Crippen molar-refractivity contribution in [2.75, 3.05) is 12.4 Å². The maximum absolute atomic E-state index is 12.0. The summed E-state index contributed by atoms with van der Waals surface area (Å²) in [6, 6.07) is 32.3. The predicted molar refractivity (Wildman–Crippen MR) is 184 cm³/mol. The molecular weight excluding hydrogens is 617 g/mol. The summed E-state index contributed by atoms with van der Waals surface area (Å²) < 4.78 is 20.6. The van der Waals surface area contributed by atoms with Gasteiger partial charge in [0.05, 0.1) is 29.0 Å². The Hall–Kier alpha value is -3.99. The molecule has 2 N–H and O–H groups in total. The number of fused-ring (bicyclic) bond motifs is 1. The largest absolute Gasteiger partial charge is 0.445 e. The van der Waals surface area contributed by atoms with Crippen molar-refractivity contribution < 1.29 is 24.1 Å². The van der Waals surface area contributed by atoms with Gasteiger partial charge in [0.2, 0.25) is 0 Å². The van der Waals surface area contributed by atoms with E-state index in [-0.39, 0.29) is 31.3 Å². The molecule has 9 heteroatoms. The minimum Gasteiger partial charge on any atom is -0.445 e. The Morgan fingerprint density at radius 3 is 2.50 bits per heavy atom. The molecule has 5 aromatic rings. The highest BCUT2D eigenvalue weighted by Crippen LogP contribution is 2.44. The fourth-order valence-corrected chi connectivity index (χ4v) is 7.76. The SMILES string of the molecule is C=CCOC(=O)NCc1ccccc1-c1ccc([C@H]2O[C@@H](CSc3nc4ccccc4s3)[C@@H](C)[C@@H](c3ccc(CO)cc3)O2)cc1. The highest BCUT2D eigenvalue weighted by atomic mass is 32.2. The molecule has 7 nitrogen and oxygen atoms in total. The van der Waals surface area contributed by atoms with Gasteiger partial charge < -0.3 is 24.6 Å². The number of rotatable bonds is 11. The summed E-state index contributed by atoms with van der Waals surface area (Å²) in [7, 11) is 0. The molecule has 0 aliphatic carbocycles. The summed E-state index contributed by atoms with van der Waals surface area (Å²) in [5.74, 6) is 0.815. The second-order valence-corrected chi connectivity index (χ2v) is 13.4. The Morgan fingerprint density at radius 2 is 1.74 bits per heavy atom. The van der Waals surface area contributed by atoms with Gasteiger partial charge in [-0.25, -0.2) is 9.78 Å². The van der Waals surface area contributed by atoms with E-state index in [1.807, 2.05) is 78.9 Å². The van der Waals surface area contributed by atoms with E-state index in [4.69, 9.17) is 19.2 Å². The van der Waals surface area contributed by atoms with Crippen LogP contribution in [0.15, 0.2) is 114 Å². The Balaban J connectivity index is 1.21. The monoisotopic (exact) mass is 652 g/mol. The number of nitrogens with zero attached hydrogens (tertiary/aromatic N) is 1. The Bertz CT molecular complexity index is 1740. The van der Waals surface area contributed by atoms with Crippen molar-refractivity contribution in [1.29, 1.82) is 0 Å². The predicted octanol–water partition coefficient (Wildman–Crippen LogP) is 8.45. The Morgan fingerprint density at radius 1 is 1.00 bits per heavy atom. The zero-order valence-electron chi connectivity index (χ0n) is 25.5. The molecule has 1 aliphatic rings. The first-order valence-electron chi connectivity index (χ1n) is 15.2. The second-order valence-electron chi connectivity index (χ2n) is 11.1. The van der Waals surface area contributed by atoms with Crippen molar-refractivity contribution in [1.82, 2.24) is 10.3 Å². The first kappa shape index (κ1) is 32.0. The molecule has 4 atom stereocenters. The van der Waals surface area contributed by atoms with Crippen molar-refractivity contribution in [2.45, 2.75) is 42.9 Å². The molecule has 0 radical (unpaired) electrons. The number of alkyl carbamates (subject to hydrolysis) is 1. The number of para-hydroxylation sites is 1. The van der Waals surface area contributed by atoms with E-state index in [0.29, 0.717) is 6.54 Å². The third-order valence-corrected chi connectivity index (χ3v) is 10.3. The number of nitrogens with one attached hydrogen (secondary N) is 1. The normalized spacial score (nSPS) is 19.5. The summed E-state index contributed by atoms with van der Waals surface area (Å²) in [6.07, 6.45) is 0.201. The molecule has 46 heavy (non-hydrogen) atoms. The number of carbonyl (C=O) groups is 1. The second kappa shape index (κ2) is 15.1. The van der Waals surface area contributed by atoms with Gasteiger partial charge in [-0.15, -0.1) is 11.3 Å². The van der Waals surface area contributed by atoms with Crippen LogP contribution in [-0.2, 0) is 27.4 Å². The van der Waals surface area contributed by atoms with Gasteiger partial charge in [-0.1, -0.05) is 116 Å². The van der Waals surface area contributed by atoms with Crippen LogP contribution in [0.5, 0.6) is 0 Å². The van der Waals surface area contributed by atoms with Gasteiger partial charge in [0.1, 0.15) is 6.61 Å². The number of hydrogen-bond donors (Lipinski definition) is 2. The van der Waals surface area contributed by atoms with Gasteiger partial charge in [0.25, 0.3) is 0 Å². The molecule has 1 fully saturated rings. The minimum atomic E-state index is -0.565. The third-order valence-electron chi connectivity index (χ3n) is 8.04. The molecule has 1 amide bonds. The molecule has 1 aliphatic heterocycles. The lowest BCUT2D eigenvalue weighted by Gasteiger charge is -2.41. The lowest BCUT2D eigenvalue weighted by Crippen LogP contribution is -2.38. The van der Waals surface area contributed by atoms with Crippen LogP contribution >= 0.6 is 23.1 Å². The van der Waals surface area contributed by atoms with Crippen LogP contribution in [0.2, 0.25) is 0 Å². The van der Waals surface area contributed by atoms with E-state index in [1.165, 1.54) is 10.8 Å². The third kappa shape index (κ3) is 7.52. The number of carbonyl (C=O) groups excluding carboxylic acids is 1. The van der Waals surface area contributed by atoms with E-state index >= 15 is 0 Å². The van der Waals surface area contributed by atoms with Gasteiger partial charge in [-0.2, -0.15) is 0 Å². The lowest BCUT2D eigenvalue weighted by atomic mass is 9.91. The number of thiazole rings is 1. The number of thioether (sulfide) groups is 1. The van der Waals surface area contributed by atoms with Crippen LogP contribution in [0.4, 0.5) is 4.79 Å². The van der Waals surface area contributed by atoms with Crippen molar-refractivity contribution in [3.8, 4) is 11.1 Å². The maximum atomic E-state index is 12.0. The van der Waals surface area contributed by atoms with Crippen LogP contribution < -0.4 is 5.32 Å². The van der Waals surface area contributed by atoms with Crippen molar-refractivity contribution in [2.24, 2.45) is 5.92 Å². The summed E-state index contributed by atoms with van der Waals surface area (Å²) in [6.45, 7) is 6.25. The van der Waals surface area contributed by atoms with Crippen LogP contribution in [0, 0.1) is 5.92 Å². The molecule has 4 aromatic carbocycles. The number of aromatic nitrogens is 1. The van der Waals surface area contributed by atoms with Crippen molar-refractivity contribution in [3.05, 3.63) is 132 Å². The van der Waals surface area contributed by atoms with E-state index in [9.17, 15) is 9.90 Å². The van der Waals surface area contributed by atoms with Crippen LogP contribution in [0.3, 0.4) is 0 Å². The average molecular weight is 653 g/mol. The molecule has 0 spiro atoms. The van der Waals surface area contributed by atoms with Crippen molar-refractivity contribution in [3.63, 3.8) is 0 Å².